The minimum absolute atomic E-state index is 0.223. The smallest absolute Gasteiger partial charge is 0.0656 e. The average Bonchev–Trinajstić information content (AvgIpc) is 2.37. The van der Waals surface area contributed by atoms with E-state index < -0.39 is 0 Å². The van der Waals surface area contributed by atoms with Crippen LogP contribution in [0, 0.1) is 0 Å². The van der Waals surface area contributed by atoms with Gasteiger partial charge < -0.3 is 10.1 Å². The van der Waals surface area contributed by atoms with Crippen LogP contribution < -0.4 is 5.32 Å². The standard InChI is InChI=1S/C16H23NO/c1-16(2,3)14-7-4-13(5-8-14)6-9-15-12-18-11-10-17-15/h4-9,15,17H,10-12H2,1-3H3/b9-6+. The van der Waals surface area contributed by atoms with Gasteiger partial charge in [-0.15, -0.1) is 0 Å². The second kappa shape index (κ2) is 5.68. The lowest BCUT2D eigenvalue weighted by Gasteiger charge is -2.21. The summed E-state index contributed by atoms with van der Waals surface area (Å²) in [5.74, 6) is 0. The summed E-state index contributed by atoms with van der Waals surface area (Å²) in [6, 6.07) is 9.14. The van der Waals surface area contributed by atoms with E-state index in [9.17, 15) is 0 Å². The molecule has 2 heteroatoms. The van der Waals surface area contributed by atoms with Crippen molar-refractivity contribution in [2.24, 2.45) is 0 Å². The third-order valence-electron chi connectivity index (χ3n) is 3.25. The first-order valence-electron chi connectivity index (χ1n) is 6.65. The molecule has 1 aliphatic heterocycles. The van der Waals surface area contributed by atoms with E-state index in [0.29, 0.717) is 6.04 Å². The first-order chi connectivity index (χ1) is 8.55. The van der Waals surface area contributed by atoms with Crippen molar-refractivity contribution < 1.29 is 4.74 Å². The molecule has 1 N–H and O–H groups in total. The second-order valence-electron chi connectivity index (χ2n) is 5.87. The largest absolute Gasteiger partial charge is 0.378 e. The van der Waals surface area contributed by atoms with Crippen LogP contribution >= 0.6 is 0 Å². The minimum atomic E-state index is 0.223. The lowest BCUT2D eigenvalue weighted by molar-refractivity contribution is 0.0903. The monoisotopic (exact) mass is 245 g/mol. The fourth-order valence-electron chi connectivity index (χ4n) is 2.03. The summed E-state index contributed by atoms with van der Waals surface area (Å²) >= 11 is 0. The second-order valence-corrected chi connectivity index (χ2v) is 5.87. The first-order valence-corrected chi connectivity index (χ1v) is 6.65. The number of benzene rings is 1. The highest BCUT2D eigenvalue weighted by molar-refractivity contribution is 5.51. The molecule has 0 amide bonds. The third kappa shape index (κ3) is 3.69. The summed E-state index contributed by atoms with van der Waals surface area (Å²) in [7, 11) is 0. The van der Waals surface area contributed by atoms with Crippen LogP contribution in [0.25, 0.3) is 6.08 Å². The van der Waals surface area contributed by atoms with Crippen molar-refractivity contribution in [1.82, 2.24) is 5.32 Å². The minimum Gasteiger partial charge on any atom is -0.378 e. The van der Waals surface area contributed by atoms with Crippen LogP contribution in [0.5, 0.6) is 0 Å². The molecule has 2 nitrogen and oxygen atoms in total. The summed E-state index contributed by atoms with van der Waals surface area (Å²) in [4.78, 5) is 0. The first kappa shape index (κ1) is 13.3. The molecular weight excluding hydrogens is 222 g/mol. The van der Waals surface area contributed by atoms with Gasteiger partial charge in [0.15, 0.2) is 0 Å². The van der Waals surface area contributed by atoms with Gasteiger partial charge in [-0.2, -0.15) is 0 Å². The summed E-state index contributed by atoms with van der Waals surface area (Å²) in [5, 5.41) is 3.41. The molecular formula is C16H23NO. The molecule has 1 fully saturated rings. The highest BCUT2D eigenvalue weighted by Gasteiger charge is 2.12. The number of hydrogen-bond donors (Lipinski definition) is 1. The van der Waals surface area contributed by atoms with Crippen molar-refractivity contribution in [3.05, 3.63) is 41.5 Å². The lowest BCUT2D eigenvalue weighted by atomic mass is 9.87. The van der Waals surface area contributed by atoms with E-state index in [0.717, 1.165) is 19.8 Å². The molecule has 0 bridgehead atoms. The fourth-order valence-corrected chi connectivity index (χ4v) is 2.03. The molecule has 98 valence electrons. The van der Waals surface area contributed by atoms with Gasteiger partial charge in [0.25, 0.3) is 0 Å². The Bertz CT molecular complexity index is 394. The van der Waals surface area contributed by atoms with E-state index in [1.165, 1.54) is 11.1 Å². The van der Waals surface area contributed by atoms with Crippen LogP contribution in [0.2, 0.25) is 0 Å². The van der Waals surface area contributed by atoms with Gasteiger partial charge in [0.05, 0.1) is 13.2 Å². The topological polar surface area (TPSA) is 21.3 Å². The van der Waals surface area contributed by atoms with Crippen molar-refractivity contribution in [1.29, 1.82) is 0 Å². The van der Waals surface area contributed by atoms with Gasteiger partial charge in [-0.3, -0.25) is 0 Å². The van der Waals surface area contributed by atoms with Crippen LogP contribution in [0.1, 0.15) is 31.9 Å². The van der Waals surface area contributed by atoms with E-state index in [1.54, 1.807) is 0 Å². The Kier molecular flexibility index (Phi) is 4.20. The Balaban J connectivity index is 1.99. The predicted octanol–water partition coefficient (Wildman–Crippen LogP) is 2.99. The Morgan fingerprint density at radius 2 is 1.94 bits per heavy atom. The number of hydrogen-bond acceptors (Lipinski definition) is 2. The third-order valence-corrected chi connectivity index (χ3v) is 3.25. The number of ether oxygens (including phenoxy) is 1. The number of nitrogens with one attached hydrogen (secondary N) is 1. The van der Waals surface area contributed by atoms with Crippen molar-refractivity contribution >= 4 is 6.08 Å². The van der Waals surface area contributed by atoms with E-state index >= 15 is 0 Å². The van der Waals surface area contributed by atoms with Crippen LogP contribution in [0.15, 0.2) is 30.3 Å². The van der Waals surface area contributed by atoms with Crippen molar-refractivity contribution in [2.45, 2.75) is 32.2 Å². The van der Waals surface area contributed by atoms with Gasteiger partial charge in [-0.05, 0) is 16.5 Å². The summed E-state index contributed by atoms with van der Waals surface area (Å²) < 4.78 is 5.42. The Labute approximate surface area is 110 Å². The van der Waals surface area contributed by atoms with Crippen molar-refractivity contribution in [3.8, 4) is 0 Å². The number of rotatable bonds is 2. The maximum absolute atomic E-state index is 5.42. The molecule has 0 aliphatic carbocycles. The average molecular weight is 245 g/mol. The molecule has 1 unspecified atom stereocenters. The maximum Gasteiger partial charge on any atom is 0.0656 e. The molecule has 0 saturated carbocycles. The Morgan fingerprint density at radius 1 is 1.22 bits per heavy atom. The zero-order valence-electron chi connectivity index (χ0n) is 11.6. The maximum atomic E-state index is 5.42. The molecule has 18 heavy (non-hydrogen) atoms. The molecule has 0 radical (unpaired) electrons. The molecule has 1 aromatic carbocycles. The Morgan fingerprint density at radius 3 is 2.50 bits per heavy atom. The molecule has 0 spiro atoms. The summed E-state index contributed by atoms with van der Waals surface area (Å²) in [6.45, 7) is 9.25. The Hall–Kier alpha value is -1.12. The normalized spacial score (nSPS) is 21.4. The number of morpholine rings is 1. The van der Waals surface area contributed by atoms with Crippen molar-refractivity contribution in [3.63, 3.8) is 0 Å². The van der Waals surface area contributed by atoms with Crippen LogP contribution in [0.3, 0.4) is 0 Å². The molecule has 1 heterocycles. The summed E-state index contributed by atoms with van der Waals surface area (Å²) in [5.41, 5.74) is 2.84. The van der Waals surface area contributed by atoms with Gasteiger partial charge in [0.1, 0.15) is 0 Å². The van der Waals surface area contributed by atoms with Crippen molar-refractivity contribution in [2.75, 3.05) is 19.8 Å². The van der Waals surface area contributed by atoms with Gasteiger partial charge in [0, 0.05) is 12.6 Å². The van der Waals surface area contributed by atoms with Gasteiger partial charge in [-0.25, -0.2) is 0 Å². The fraction of sp³-hybridized carbons (Fsp3) is 0.500. The van der Waals surface area contributed by atoms with E-state index in [-0.39, 0.29) is 5.41 Å². The van der Waals surface area contributed by atoms with E-state index in [4.69, 9.17) is 4.74 Å². The zero-order valence-corrected chi connectivity index (χ0v) is 11.6. The molecule has 1 atom stereocenters. The van der Waals surface area contributed by atoms with Crippen LogP contribution in [-0.2, 0) is 10.2 Å². The van der Waals surface area contributed by atoms with E-state index in [1.807, 2.05) is 0 Å². The predicted molar refractivity (Wildman–Crippen MR) is 76.8 cm³/mol. The van der Waals surface area contributed by atoms with Crippen LogP contribution in [0.4, 0.5) is 0 Å². The van der Waals surface area contributed by atoms with Crippen LogP contribution in [-0.4, -0.2) is 25.8 Å². The SMILES string of the molecule is CC(C)(C)c1ccc(/C=C/C2COCCN2)cc1. The molecule has 2 rings (SSSR count). The van der Waals surface area contributed by atoms with Gasteiger partial charge in [0.2, 0.25) is 0 Å². The quantitative estimate of drug-likeness (QED) is 0.865. The van der Waals surface area contributed by atoms with E-state index in [2.05, 4.69) is 62.5 Å². The summed E-state index contributed by atoms with van der Waals surface area (Å²) in [6.07, 6.45) is 4.35. The molecule has 0 aromatic heterocycles. The zero-order chi connectivity index (χ0) is 13.0. The highest BCUT2D eigenvalue weighted by atomic mass is 16.5. The van der Waals surface area contributed by atoms with Gasteiger partial charge in [-0.1, -0.05) is 57.2 Å². The molecule has 1 aliphatic rings. The highest BCUT2D eigenvalue weighted by Crippen LogP contribution is 2.22. The molecule has 1 saturated heterocycles. The molecule has 1 aromatic rings. The lowest BCUT2D eigenvalue weighted by Crippen LogP contribution is -2.39. The van der Waals surface area contributed by atoms with Gasteiger partial charge >= 0.3 is 0 Å².